The van der Waals surface area contributed by atoms with Crippen molar-refractivity contribution in [1.82, 2.24) is 5.32 Å². The number of amides is 1. The molecule has 0 aliphatic rings. The predicted octanol–water partition coefficient (Wildman–Crippen LogP) is 2.31. The van der Waals surface area contributed by atoms with E-state index in [2.05, 4.69) is 26.0 Å². The van der Waals surface area contributed by atoms with Gasteiger partial charge >= 0.3 is 6.36 Å². The van der Waals surface area contributed by atoms with Crippen LogP contribution in [-0.2, 0) is 11.3 Å². The minimum absolute atomic E-state index is 0.205. The van der Waals surface area contributed by atoms with E-state index in [4.69, 9.17) is 5.73 Å². The monoisotopic (exact) mass is 340 g/mol. The molecule has 1 aromatic rings. The van der Waals surface area contributed by atoms with E-state index >= 15 is 0 Å². The highest BCUT2D eigenvalue weighted by molar-refractivity contribution is 9.10. The number of hydrogen-bond acceptors (Lipinski definition) is 3. The summed E-state index contributed by atoms with van der Waals surface area (Å²) in [6, 6.07) is 4.24. The van der Waals surface area contributed by atoms with Gasteiger partial charge in [0.15, 0.2) is 0 Å². The Hall–Kier alpha value is -1.28. The lowest BCUT2D eigenvalue weighted by Gasteiger charge is -2.11. The number of rotatable bonds is 6. The van der Waals surface area contributed by atoms with Gasteiger partial charge in [0.1, 0.15) is 5.75 Å². The van der Waals surface area contributed by atoms with Crippen LogP contribution in [0.5, 0.6) is 5.75 Å². The lowest BCUT2D eigenvalue weighted by Crippen LogP contribution is -2.21. The molecule has 0 fully saturated rings. The number of halogens is 4. The van der Waals surface area contributed by atoms with Gasteiger partial charge in [0, 0.05) is 19.5 Å². The summed E-state index contributed by atoms with van der Waals surface area (Å²) in [7, 11) is 0. The molecule has 0 radical (unpaired) electrons. The van der Waals surface area contributed by atoms with Crippen LogP contribution in [0.1, 0.15) is 12.0 Å². The fraction of sp³-hybridized carbons (Fsp3) is 0.364. The van der Waals surface area contributed by atoms with Gasteiger partial charge in [-0.15, -0.1) is 13.2 Å². The first-order chi connectivity index (χ1) is 8.78. The average Bonchev–Trinajstić information content (AvgIpc) is 2.26. The standard InChI is InChI=1S/C11H12BrF3N2O2/c12-8-5-7(6-17-4-3-10(16)18)1-2-9(8)19-11(13,14)15/h1-2,5,17H,3-4,6H2,(H2,16,18). The number of alkyl halides is 3. The first kappa shape index (κ1) is 15.8. The molecule has 0 aliphatic carbocycles. The van der Waals surface area contributed by atoms with Crippen LogP contribution in [0.25, 0.3) is 0 Å². The van der Waals surface area contributed by atoms with E-state index in [9.17, 15) is 18.0 Å². The highest BCUT2D eigenvalue weighted by Crippen LogP contribution is 2.30. The van der Waals surface area contributed by atoms with Gasteiger partial charge in [0.05, 0.1) is 4.47 Å². The SMILES string of the molecule is NC(=O)CCNCc1ccc(OC(F)(F)F)c(Br)c1. The largest absolute Gasteiger partial charge is 0.573 e. The van der Waals surface area contributed by atoms with Crippen molar-refractivity contribution in [2.24, 2.45) is 5.73 Å². The number of carbonyl (C=O) groups is 1. The highest BCUT2D eigenvalue weighted by Gasteiger charge is 2.31. The Labute approximate surface area is 116 Å². The summed E-state index contributed by atoms with van der Waals surface area (Å²) in [6.45, 7) is 0.825. The molecule has 0 saturated carbocycles. The molecule has 0 unspecified atom stereocenters. The van der Waals surface area contributed by atoms with Crippen molar-refractivity contribution in [3.63, 3.8) is 0 Å². The molecule has 1 aromatic carbocycles. The molecule has 8 heteroatoms. The minimum Gasteiger partial charge on any atom is -0.405 e. The first-order valence-corrected chi connectivity index (χ1v) is 6.10. The second-order valence-electron chi connectivity index (χ2n) is 3.71. The summed E-state index contributed by atoms with van der Waals surface area (Å²) in [6.07, 6.45) is -4.51. The first-order valence-electron chi connectivity index (χ1n) is 5.31. The van der Waals surface area contributed by atoms with E-state index in [1.165, 1.54) is 18.2 Å². The van der Waals surface area contributed by atoms with Crippen LogP contribution in [0.3, 0.4) is 0 Å². The Balaban J connectivity index is 2.54. The molecule has 0 atom stereocenters. The maximum absolute atomic E-state index is 12.0. The molecule has 0 spiro atoms. The van der Waals surface area contributed by atoms with Crippen molar-refractivity contribution in [3.05, 3.63) is 28.2 Å². The third-order valence-corrected chi connectivity index (χ3v) is 2.72. The molecule has 0 heterocycles. The van der Waals surface area contributed by atoms with E-state index in [1.807, 2.05) is 0 Å². The van der Waals surface area contributed by atoms with Crippen molar-refractivity contribution in [2.45, 2.75) is 19.3 Å². The van der Waals surface area contributed by atoms with Gasteiger partial charge in [0.2, 0.25) is 5.91 Å². The van der Waals surface area contributed by atoms with Gasteiger partial charge < -0.3 is 15.8 Å². The van der Waals surface area contributed by atoms with Gasteiger partial charge in [-0.3, -0.25) is 4.79 Å². The van der Waals surface area contributed by atoms with Gasteiger partial charge in [-0.2, -0.15) is 0 Å². The Kier molecular flexibility index (Phi) is 5.61. The molecular weight excluding hydrogens is 329 g/mol. The van der Waals surface area contributed by atoms with E-state index in [0.29, 0.717) is 13.1 Å². The van der Waals surface area contributed by atoms with Crippen LogP contribution in [0.15, 0.2) is 22.7 Å². The lowest BCUT2D eigenvalue weighted by atomic mass is 10.2. The van der Waals surface area contributed by atoms with Crippen LogP contribution in [0.4, 0.5) is 13.2 Å². The molecular formula is C11H12BrF3N2O2. The summed E-state index contributed by atoms with van der Waals surface area (Å²) in [5, 5.41) is 2.94. The molecule has 1 rings (SSSR count). The normalized spacial score (nSPS) is 11.4. The van der Waals surface area contributed by atoms with Crippen molar-refractivity contribution < 1.29 is 22.7 Å². The lowest BCUT2D eigenvalue weighted by molar-refractivity contribution is -0.274. The summed E-state index contributed by atoms with van der Waals surface area (Å²) in [5.41, 5.74) is 5.72. The fourth-order valence-corrected chi connectivity index (χ4v) is 1.81. The summed E-state index contributed by atoms with van der Waals surface area (Å²) >= 11 is 3.01. The zero-order valence-corrected chi connectivity index (χ0v) is 11.3. The minimum atomic E-state index is -4.72. The van der Waals surface area contributed by atoms with Crippen LogP contribution in [0, 0.1) is 0 Å². The van der Waals surface area contributed by atoms with E-state index in [1.54, 1.807) is 0 Å². The number of nitrogens with one attached hydrogen (secondary N) is 1. The Bertz CT molecular complexity index is 452. The second kappa shape index (κ2) is 6.76. The average molecular weight is 341 g/mol. The fourth-order valence-electron chi connectivity index (χ4n) is 1.31. The molecule has 0 saturated heterocycles. The number of hydrogen-bond donors (Lipinski definition) is 2. The van der Waals surface area contributed by atoms with Gasteiger partial charge in [0.25, 0.3) is 0 Å². The van der Waals surface area contributed by atoms with Crippen LogP contribution >= 0.6 is 15.9 Å². The maximum Gasteiger partial charge on any atom is 0.573 e. The zero-order chi connectivity index (χ0) is 14.5. The maximum atomic E-state index is 12.0. The van der Waals surface area contributed by atoms with Crippen molar-refractivity contribution in [2.75, 3.05) is 6.54 Å². The molecule has 106 valence electrons. The quantitative estimate of drug-likeness (QED) is 0.781. The molecule has 19 heavy (non-hydrogen) atoms. The Morgan fingerprint density at radius 2 is 2.11 bits per heavy atom. The van der Waals surface area contributed by atoms with E-state index < -0.39 is 12.3 Å². The third kappa shape index (κ3) is 6.44. The summed E-state index contributed by atoms with van der Waals surface area (Å²) in [4.78, 5) is 10.5. The molecule has 3 N–H and O–H groups in total. The number of carbonyl (C=O) groups excluding carboxylic acids is 1. The van der Waals surface area contributed by atoms with Gasteiger partial charge in [-0.25, -0.2) is 0 Å². The topological polar surface area (TPSA) is 64.4 Å². The summed E-state index contributed by atoms with van der Waals surface area (Å²) < 4.78 is 40.2. The molecule has 0 aliphatic heterocycles. The van der Waals surface area contributed by atoms with Crippen LogP contribution in [-0.4, -0.2) is 18.8 Å². The number of ether oxygens (including phenoxy) is 1. The van der Waals surface area contributed by atoms with E-state index in [0.717, 1.165) is 5.56 Å². The predicted molar refractivity (Wildman–Crippen MR) is 66.3 cm³/mol. The van der Waals surface area contributed by atoms with Crippen molar-refractivity contribution in [3.8, 4) is 5.75 Å². The summed E-state index contributed by atoms with van der Waals surface area (Å²) in [5.74, 6) is -0.712. The molecule has 0 aromatic heterocycles. The smallest absolute Gasteiger partial charge is 0.405 e. The van der Waals surface area contributed by atoms with Gasteiger partial charge in [-0.05, 0) is 33.6 Å². The molecule has 0 bridgehead atoms. The number of primary amides is 1. The number of nitrogens with two attached hydrogens (primary N) is 1. The second-order valence-corrected chi connectivity index (χ2v) is 4.56. The van der Waals surface area contributed by atoms with Crippen molar-refractivity contribution >= 4 is 21.8 Å². The van der Waals surface area contributed by atoms with E-state index in [-0.39, 0.29) is 16.6 Å². The molecule has 1 amide bonds. The number of benzene rings is 1. The Morgan fingerprint density at radius 1 is 1.42 bits per heavy atom. The molecule has 4 nitrogen and oxygen atoms in total. The zero-order valence-electron chi connectivity index (χ0n) is 9.76. The highest BCUT2D eigenvalue weighted by atomic mass is 79.9. The van der Waals surface area contributed by atoms with Gasteiger partial charge in [-0.1, -0.05) is 6.07 Å². The van der Waals surface area contributed by atoms with Crippen LogP contribution in [0.2, 0.25) is 0 Å². The Morgan fingerprint density at radius 3 is 2.63 bits per heavy atom. The third-order valence-electron chi connectivity index (χ3n) is 2.10. The van der Waals surface area contributed by atoms with Crippen LogP contribution < -0.4 is 15.8 Å². The van der Waals surface area contributed by atoms with Crippen molar-refractivity contribution in [1.29, 1.82) is 0 Å².